The summed E-state index contributed by atoms with van der Waals surface area (Å²) >= 11 is 5.95. The Bertz CT molecular complexity index is 1050. The van der Waals surface area contributed by atoms with E-state index in [9.17, 15) is 13.2 Å². The van der Waals surface area contributed by atoms with Crippen molar-refractivity contribution in [2.24, 2.45) is 0 Å². The fourth-order valence-electron chi connectivity index (χ4n) is 3.76. The van der Waals surface area contributed by atoms with E-state index in [4.69, 9.17) is 11.6 Å². The predicted octanol–water partition coefficient (Wildman–Crippen LogP) is 6.22. The lowest BCUT2D eigenvalue weighted by molar-refractivity contribution is -0.140. The largest absolute Gasteiger partial charge is 0.406 e. The molecule has 1 atom stereocenters. The van der Waals surface area contributed by atoms with E-state index in [2.05, 4.69) is 36.3 Å². The predicted molar refractivity (Wildman–Crippen MR) is 125 cm³/mol. The third-order valence-electron chi connectivity index (χ3n) is 5.40. The van der Waals surface area contributed by atoms with Gasteiger partial charge in [-0.3, -0.25) is 0 Å². The molecule has 0 fully saturated rings. The molecule has 0 saturated heterocycles. The maximum Gasteiger partial charge on any atom is 0.406 e. The maximum absolute atomic E-state index is 13.2. The highest BCUT2D eigenvalue weighted by atomic mass is 35.5. The van der Waals surface area contributed by atoms with Crippen LogP contribution in [0.2, 0.25) is 0 Å². The summed E-state index contributed by atoms with van der Waals surface area (Å²) in [5.74, 6) is 5.89. The molecule has 1 unspecified atom stereocenters. The molecule has 0 aliphatic heterocycles. The van der Waals surface area contributed by atoms with Crippen LogP contribution in [-0.2, 0) is 13.1 Å². The van der Waals surface area contributed by atoms with Crippen molar-refractivity contribution in [2.45, 2.75) is 64.8 Å². The minimum absolute atomic E-state index is 0.356. The Balaban J connectivity index is 1.78. The van der Waals surface area contributed by atoms with Crippen LogP contribution in [0.15, 0.2) is 47.1 Å². The number of nitrogens with zero attached hydrogens (tertiary/aromatic N) is 1. The number of hydrogen-bond acceptors (Lipinski definition) is 2. The lowest BCUT2D eigenvalue weighted by Gasteiger charge is -2.13. The first-order chi connectivity index (χ1) is 15.2. The standard InChI is InChI=1S/C25H29ClF3N3/c1-3-5-18(2)31-16-19-7-12-24-20(14-19)15-23(32(24)17-25(27,28)29)6-4-13-30-22-10-8-21(26)9-11-22/h7-8,10,12,14-15,18,30-31H,3,5,9,11,13,16-17H2,1-2H3. The zero-order chi connectivity index (χ0) is 23.1. The zero-order valence-corrected chi connectivity index (χ0v) is 19.2. The van der Waals surface area contributed by atoms with Crippen molar-refractivity contribution in [3.05, 3.63) is 58.4 Å². The van der Waals surface area contributed by atoms with Gasteiger partial charge >= 0.3 is 6.18 Å². The first kappa shape index (κ1) is 24.3. The van der Waals surface area contributed by atoms with Gasteiger partial charge in [0.05, 0.1) is 12.2 Å². The number of fused-ring (bicyclic) bond motifs is 1. The summed E-state index contributed by atoms with van der Waals surface area (Å²) in [6.45, 7) is 4.26. The Morgan fingerprint density at radius 1 is 1.19 bits per heavy atom. The lowest BCUT2D eigenvalue weighted by Crippen LogP contribution is -2.25. The molecule has 32 heavy (non-hydrogen) atoms. The van der Waals surface area contributed by atoms with Gasteiger partial charge in [0.1, 0.15) is 6.54 Å². The number of aromatic nitrogens is 1. The van der Waals surface area contributed by atoms with Crippen LogP contribution in [0.4, 0.5) is 13.2 Å². The second-order valence-electron chi connectivity index (χ2n) is 8.16. The van der Waals surface area contributed by atoms with Crippen molar-refractivity contribution in [1.82, 2.24) is 15.2 Å². The fourth-order valence-corrected chi connectivity index (χ4v) is 3.92. The molecule has 1 aromatic carbocycles. The summed E-state index contributed by atoms with van der Waals surface area (Å²) in [4.78, 5) is 0. The average molecular weight is 464 g/mol. The molecule has 1 heterocycles. The van der Waals surface area contributed by atoms with Crippen LogP contribution in [0.25, 0.3) is 10.9 Å². The second-order valence-corrected chi connectivity index (χ2v) is 8.64. The van der Waals surface area contributed by atoms with Crippen LogP contribution < -0.4 is 10.6 Å². The topological polar surface area (TPSA) is 29.0 Å². The van der Waals surface area contributed by atoms with Crippen molar-refractivity contribution >= 4 is 22.5 Å². The summed E-state index contributed by atoms with van der Waals surface area (Å²) < 4.78 is 41.0. The Morgan fingerprint density at radius 3 is 2.69 bits per heavy atom. The number of rotatable bonds is 8. The zero-order valence-electron chi connectivity index (χ0n) is 18.5. The molecule has 1 aromatic heterocycles. The van der Waals surface area contributed by atoms with Crippen LogP contribution in [0.1, 0.15) is 50.8 Å². The lowest BCUT2D eigenvalue weighted by atomic mass is 10.1. The molecule has 172 valence electrons. The molecule has 3 rings (SSSR count). The highest BCUT2D eigenvalue weighted by molar-refractivity contribution is 6.29. The highest BCUT2D eigenvalue weighted by Gasteiger charge is 2.29. The van der Waals surface area contributed by atoms with E-state index in [1.165, 1.54) is 4.57 Å². The number of allylic oxidation sites excluding steroid dienone is 4. The quantitative estimate of drug-likeness (QED) is 0.455. The van der Waals surface area contributed by atoms with Crippen molar-refractivity contribution in [3.63, 3.8) is 0 Å². The van der Waals surface area contributed by atoms with Gasteiger partial charge in [0, 0.05) is 34.2 Å². The van der Waals surface area contributed by atoms with E-state index < -0.39 is 12.7 Å². The summed E-state index contributed by atoms with van der Waals surface area (Å²) in [7, 11) is 0. The smallest absolute Gasteiger partial charge is 0.377 e. The summed E-state index contributed by atoms with van der Waals surface area (Å²) in [6, 6.07) is 7.73. The van der Waals surface area contributed by atoms with Crippen LogP contribution in [0.3, 0.4) is 0 Å². The minimum atomic E-state index is -4.32. The Hall–Kier alpha value is -2.36. The summed E-state index contributed by atoms with van der Waals surface area (Å²) in [5.41, 5.74) is 2.97. The molecule has 7 heteroatoms. The van der Waals surface area contributed by atoms with Gasteiger partial charge < -0.3 is 15.2 Å². The SMILES string of the molecule is CCCC(C)NCc1ccc2c(c1)cc(C#CCNC1=CC=C(Cl)CC1)n2CC(F)(F)F. The number of nitrogens with one attached hydrogen (secondary N) is 2. The van der Waals surface area contributed by atoms with Crippen molar-refractivity contribution in [3.8, 4) is 11.8 Å². The number of halogens is 4. The summed E-state index contributed by atoms with van der Waals surface area (Å²) in [5, 5.41) is 8.24. The normalized spacial score (nSPS) is 15.1. The van der Waals surface area contributed by atoms with Gasteiger partial charge in [-0.2, -0.15) is 13.2 Å². The van der Waals surface area contributed by atoms with Gasteiger partial charge in [0.25, 0.3) is 0 Å². The minimum Gasteiger partial charge on any atom is -0.377 e. The first-order valence-electron chi connectivity index (χ1n) is 11.0. The summed E-state index contributed by atoms with van der Waals surface area (Å²) in [6.07, 6.45) is 3.20. The number of benzene rings is 1. The molecule has 0 radical (unpaired) electrons. The van der Waals surface area contributed by atoms with Gasteiger partial charge in [-0.25, -0.2) is 0 Å². The molecule has 0 bridgehead atoms. The van der Waals surface area contributed by atoms with E-state index in [1.54, 1.807) is 12.1 Å². The van der Waals surface area contributed by atoms with Gasteiger partial charge in [-0.1, -0.05) is 36.9 Å². The van der Waals surface area contributed by atoms with Gasteiger partial charge in [0.2, 0.25) is 0 Å². The fraction of sp³-hybridized carbons (Fsp3) is 0.440. The van der Waals surface area contributed by atoms with Crippen LogP contribution in [0.5, 0.6) is 0 Å². The Labute approximate surface area is 192 Å². The molecule has 3 nitrogen and oxygen atoms in total. The van der Waals surface area contributed by atoms with Crippen LogP contribution in [0, 0.1) is 11.8 Å². The van der Waals surface area contributed by atoms with Crippen molar-refractivity contribution in [2.75, 3.05) is 6.54 Å². The van der Waals surface area contributed by atoms with Gasteiger partial charge in [-0.05, 0) is 68.0 Å². The van der Waals surface area contributed by atoms with E-state index in [0.717, 1.165) is 47.4 Å². The first-order valence-corrected chi connectivity index (χ1v) is 11.3. The molecule has 2 aromatic rings. The van der Waals surface area contributed by atoms with Gasteiger partial charge in [0.15, 0.2) is 0 Å². The molecule has 1 aliphatic carbocycles. The van der Waals surface area contributed by atoms with E-state index >= 15 is 0 Å². The third-order valence-corrected chi connectivity index (χ3v) is 5.71. The molecule has 2 N–H and O–H groups in total. The second kappa shape index (κ2) is 11.0. The monoisotopic (exact) mass is 463 g/mol. The van der Waals surface area contributed by atoms with E-state index in [-0.39, 0.29) is 0 Å². The molecule has 0 spiro atoms. The van der Waals surface area contributed by atoms with Crippen molar-refractivity contribution < 1.29 is 13.2 Å². The molecular formula is C25H29ClF3N3. The van der Waals surface area contributed by atoms with Crippen molar-refractivity contribution in [1.29, 1.82) is 0 Å². The highest BCUT2D eigenvalue weighted by Crippen LogP contribution is 2.26. The maximum atomic E-state index is 13.2. The Morgan fingerprint density at radius 2 is 2.00 bits per heavy atom. The number of hydrogen-bond donors (Lipinski definition) is 2. The van der Waals surface area contributed by atoms with E-state index in [1.807, 2.05) is 24.3 Å². The molecule has 0 saturated carbocycles. The third kappa shape index (κ3) is 7.08. The molecular weight excluding hydrogens is 435 g/mol. The average Bonchev–Trinajstić information content (AvgIpc) is 3.06. The molecule has 0 amide bonds. The molecule has 1 aliphatic rings. The van der Waals surface area contributed by atoms with Crippen LogP contribution >= 0.6 is 11.6 Å². The van der Waals surface area contributed by atoms with E-state index in [0.29, 0.717) is 30.3 Å². The van der Waals surface area contributed by atoms with Gasteiger partial charge in [-0.15, -0.1) is 0 Å². The van der Waals surface area contributed by atoms with Crippen LogP contribution in [-0.4, -0.2) is 23.3 Å². The Kier molecular flexibility index (Phi) is 8.33. The number of alkyl halides is 3.